The lowest BCUT2D eigenvalue weighted by Gasteiger charge is -2.25. The number of hydrogen-bond acceptors (Lipinski definition) is 3. The van der Waals surface area contributed by atoms with Crippen molar-refractivity contribution in [3.63, 3.8) is 0 Å². The van der Waals surface area contributed by atoms with Crippen molar-refractivity contribution in [1.29, 1.82) is 0 Å². The first-order valence-corrected chi connectivity index (χ1v) is 5.31. The second-order valence-corrected chi connectivity index (χ2v) is 3.80. The zero-order valence-electron chi connectivity index (χ0n) is 9.03. The van der Waals surface area contributed by atoms with Crippen molar-refractivity contribution in [2.45, 2.75) is 38.8 Å². The predicted octanol–water partition coefficient (Wildman–Crippen LogP) is 0.361. The molecule has 1 aliphatic rings. The summed E-state index contributed by atoms with van der Waals surface area (Å²) >= 11 is 0. The Labute approximate surface area is 85.4 Å². The maximum Gasteiger partial charge on any atom is 0.239 e. The molecule has 2 unspecified atom stereocenters. The van der Waals surface area contributed by atoms with Gasteiger partial charge in [-0.25, -0.2) is 0 Å². The third kappa shape index (κ3) is 2.96. The maximum absolute atomic E-state index is 11.6. The summed E-state index contributed by atoms with van der Waals surface area (Å²) in [6.07, 6.45) is 2.38. The molecule has 2 atom stereocenters. The second kappa shape index (κ2) is 5.32. The van der Waals surface area contributed by atoms with E-state index in [1.54, 1.807) is 11.8 Å². The van der Waals surface area contributed by atoms with Crippen LogP contribution >= 0.6 is 0 Å². The first-order valence-electron chi connectivity index (χ1n) is 5.31. The summed E-state index contributed by atoms with van der Waals surface area (Å²) in [4.78, 5) is 13.4. The first kappa shape index (κ1) is 11.5. The van der Waals surface area contributed by atoms with Crippen molar-refractivity contribution < 1.29 is 9.53 Å². The topological polar surface area (TPSA) is 55.6 Å². The van der Waals surface area contributed by atoms with Gasteiger partial charge in [0.2, 0.25) is 5.91 Å². The van der Waals surface area contributed by atoms with Gasteiger partial charge in [0.05, 0.1) is 12.1 Å². The molecule has 0 radical (unpaired) electrons. The van der Waals surface area contributed by atoms with Crippen LogP contribution in [-0.2, 0) is 9.53 Å². The van der Waals surface area contributed by atoms with Crippen molar-refractivity contribution in [1.82, 2.24) is 4.90 Å². The Bertz CT molecular complexity index is 189. The van der Waals surface area contributed by atoms with Crippen molar-refractivity contribution in [2.24, 2.45) is 5.73 Å². The Balaban J connectivity index is 2.41. The van der Waals surface area contributed by atoms with Crippen LogP contribution in [0.1, 0.15) is 26.7 Å². The summed E-state index contributed by atoms with van der Waals surface area (Å²) in [5.74, 6) is 0.0167. The molecule has 4 nitrogen and oxygen atoms in total. The van der Waals surface area contributed by atoms with Crippen LogP contribution in [-0.4, -0.2) is 42.6 Å². The van der Waals surface area contributed by atoms with E-state index < -0.39 is 6.04 Å². The fraction of sp³-hybridized carbons (Fsp3) is 0.900. The highest BCUT2D eigenvalue weighted by molar-refractivity contribution is 5.81. The summed E-state index contributed by atoms with van der Waals surface area (Å²) in [6, 6.07) is -0.406. The number of carbonyl (C=O) groups is 1. The lowest BCUT2D eigenvalue weighted by atomic mass is 10.2. The van der Waals surface area contributed by atoms with E-state index in [0.29, 0.717) is 13.1 Å². The van der Waals surface area contributed by atoms with Crippen LogP contribution in [0.2, 0.25) is 0 Å². The highest BCUT2D eigenvalue weighted by atomic mass is 16.5. The second-order valence-electron chi connectivity index (χ2n) is 3.80. The minimum atomic E-state index is -0.406. The number of nitrogens with zero attached hydrogens (tertiary/aromatic N) is 1. The molecule has 0 saturated carbocycles. The third-order valence-electron chi connectivity index (χ3n) is 2.53. The monoisotopic (exact) mass is 200 g/mol. The van der Waals surface area contributed by atoms with Crippen LogP contribution in [0, 0.1) is 0 Å². The smallest absolute Gasteiger partial charge is 0.239 e. The van der Waals surface area contributed by atoms with Gasteiger partial charge in [0.15, 0.2) is 0 Å². The SMILES string of the molecule is CCN(CC1CCCO1)C(=O)C(C)N. The molecule has 14 heavy (non-hydrogen) atoms. The van der Waals surface area contributed by atoms with Gasteiger partial charge >= 0.3 is 0 Å². The van der Waals surface area contributed by atoms with Gasteiger partial charge in [-0.15, -0.1) is 0 Å². The van der Waals surface area contributed by atoms with Crippen LogP contribution in [0.15, 0.2) is 0 Å². The Morgan fingerprint density at radius 1 is 1.71 bits per heavy atom. The lowest BCUT2D eigenvalue weighted by molar-refractivity contribution is -0.133. The Morgan fingerprint density at radius 2 is 2.43 bits per heavy atom. The molecule has 1 fully saturated rings. The Morgan fingerprint density at radius 3 is 2.86 bits per heavy atom. The minimum absolute atomic E-state index is 0.0167. The molecule has 0 aromatic heterocycles. The summed E-state index contributed by atoms with van der Waals surface area (Å²) in [7, 11) is 0. The van der Waals surface area contributed by atoms with Crippen LogP contribution < -0.4 is 5.73 Å². The molecule has 0 aromatic rings. The van der Waals surface area contributed by atoms with E-state index in [0.717, 1.165) is 19.4 Å². The van der Waals surface area contributed by atoms with Gasteiger partial charge < -0.3 is 15.4 Å². The molecule has 4 heteroatoms. The number of nitrogens with two attached hydrogens (primary N) is 1. The van der Waals surface area contributed by atoms with Gasteiger partial charge in [0, 0.05) is 19.7 Å². The normalized spacial score (nSPS) is 23.5. The molecule has 82 valence electrons. The number of carbonyl (C=O) groups excluding carboxylic acids is 1. The molecule has 0 aromatic carbocycles. The average Bonchev–Trinajstić information content (AvgIpc) is 2.65. The minimum Gasteiger partial charge on any atom is -0.376 e. The van der Waals surface area contributed by atoms with Gasteiger partial charge in [0.25, 0.3) is 0 Å². The molecule has 1 heterocycles. The van der Waals surface area contributed by atoms with Gasteiger partial charge in [-0.1, -0.05) is 0 Å². The van der Waals surface area contributed by atoms with Crippen LogP contribution in [0.3, 0.4) is 0 Å². The van der Waals surface area contributed by atoms with E-state index >= 15 is 0 Å². The third-order valence-corrected chi connectivity index (χ3v) is 2.53. The lowest BCUT2D eigenvalue weighted by Crippen LogP contribution is -2.45. The molecule has 1 aliphatic heterocycles. The Kier molecular flexibility index (Phi) is 4.35. The zero-order chi connectivity index (χ0) is 10.6. The van der Waals surface area contributed by atoms with E-state index in [1.165, 1.54) is 0 Å². The highest BCUT2D eigenvalue weighted by Crippen LogP contribution is 2.13. The van der Waals surface area contributed by atoms with Crippen molar-refractivity contribution in [2.75, 3.05) is 19.7 Å². The van der Waals surface area contributed by atoms with Crippen LogP contribution in [0.25, 0.3) is 0 Å². The zero-order valence-corrected chi connectivity index (χ0v) is 9.03. The first-order chi connectivity index (χ1) is 6.65. The average molecular weight is 200 g/mol. The van der Waals surface area contributed by atoms with E-state index in [2.05, 4.69) is 0 Å². The highest BCUT2D eigenvalue weighted by Gasteiger charge is 2.22. The number of rotatable bonds is 4. The molecular weight excluding hydrogens is 180 g/mol. The van der Waals surface area contributed by atoms with Crippen molar-refractivity contribution in [3.8, 4) is 0 Å². The fourth-order valence-corrected chi connectivity index (χ4v) is 1.70. The van der Waals surface area contributed by atoms with Gasteiger partial charge in [-0.2, -0.15) is 0 Å². The summed E-state index contributed by atoms with van der Waals surface area (Å²) in [6.45, 7) is 5.92. The van der Waals surface area contributed by atoms with Crippen LogP contribution in [0.4, 0.5) is 0 Å². The van der Waals surface area contributed by atoms with Gasteiger partial charge in [0.1, 0.15) is 0 Å². The standard InChI is InChI=1S/C10H20N2O2/c1-3-12(10(13)8(2)11)7-9-5-4-6-14-9/h8-9H,3-7,11H2,1-2H3. The Hall–Kier alpha value is -0.610. The summed E-state index contributed by atoms with van der Waals surface area (Å²) in [5.41, 5.74) is 5.55. The van der Waals surface area contributed by atoms with Crippen molar-refractivity contribution >= 4 is 5.91 Å². The molecule has 0 aliphatic carbocycles. The number of likely N-dealkylation sites (N-methyl/N-ethyl adjacent to an activating group) is 1. The molecule has 2 N–H and O–H groups in total. The number of ether oxygens (including phenoxy) is 1. The number of amides is 1. The van der Waals surface area contributed by atoms with Gasteiger partial charge in [-0.3, -0.25) is 4.79 Å². The quantitative estimate of drug-likeness (QED) is 0.713. The van der Waals surface area contributed by atoms with E-state index in [4.69, 9.17) is 10.5 Å². The van der Waals surface area contributed by atoms with Crippen LogP contribution in [0.5, 0.6) is 0 Å². The molecular formula is C10H20N2O2. The maximum atomic E-state index is 11.6. The fourth-order valence-electron chi connectivity index (χ4n) is 1.70. The molecule has 1 rings (SSSR count). The molecule has 1 saturated heterocycles. The molecule has 0 bridgehead atoms. The number of hydrogen-bond donors (Lipinski definition) is 1. The molecule has 0 spiro atoms. The summed E-state index contributed by atoms with van der Waals surface area (Å²) < 4.78 is 5.48. The summed E-state index contributed by atoms with van der Waals surface area (Å²) in [5, 5.41) is 0. The van der Waals surface area contributed by atoms with Crippen molar-refractivity contribution in [3.05, 3.63) is 0 Å². The van der Waals surface area contributed by atoms with E-state index in [-0.39, 0.29) is 12.0 Å². The van der Waals surface area contributed by atoms with Gasteiger partial charge in [-0.05, 0) is 26.7 Å². The predicted molar refractivity (Wildman–Crippen MR) is 54.9 cm³/mol. The molecule has 1 amide bonds. The van der Waals surface area contributed by atoms with E-state index in [1.807, 2.05) is 6.92 Å². The largest absolute Gasteiger partial charge is 0.376 e. The van der Waals surface area contributed by atoms with E-state index in [9.17, 15) is 4.79 Å².